The van der Waals surface area contributed by atoms with E-state index in [0.717, 1.165) is 18.6 Å². The highest BCUT2D eigenvalue weighted by molar-refractivity contribution is 7.92. The number of benzene rings is 3. The maximum absolute atomic E-state index is 13.7. The molecule has 0 bridgehead atoms. The molecule has 0 unspecified atom stereocenters. The number of aromatic hydroxyl groups is 1. The average Bonchev–Trinajstić information content (AvgIpc) is 3.25. The number of carbonyl (C=O) groups excluding carboxylic acids is 3. The predicted molar refractivity (Wildman–Crippen MR) is 160 cm³/mol. The number of phenolic OH excluding ortho intramolecular Hbond substituents is 1. The average molecular weight is 619 g/mol. The lowest BCUT2D eigenvalue weighted by molar-refractivity contribution is -0.123. The van der Waals surface area contributed by atoms with Crippen LogP contribution in [0.15, 0.2) is 76.6 Å². The van der Waals surface area contributed by atoms with E-state index in [-0.39, 0.29) is 39.8 Å². The molecule has 1 amide bonds. The summed E-state index contributed by atoms with van der Waals surface area (Å²) >= 11 is 0. The first-order valence-corrected chi connectivity index (χ1v) is 15.0. The number of rotatable bonds is 8. The smallest absolute Gasteiger partial charge is 0.261 e. The van der Waals surface area contributed by atoms with Crippen LogP contribution in [0.5, 0.6) is 17.2 Å². The first kappa shape index (κ1) is 30.4. The lowest BCUT2D eigenvalue weighted by atomic mass is 9.71. The van der Waals surface area contributed by atoms with Crippen molar-refractivity contribution in [2.24, 2.45) is 0 Å². The molecule has 4 N–H and O–H groups in total. The third-order valence-electron chi connectivity index (χ3n) is 7.86. The van der Waals surface area contributed by atoms with Crippen molar-refractivity contribution in [2.45, 2.75) is 44.6 Å². The number of aliphatic hydroxyl groups is 1. The molecule has 228 valence electrons. The second kappa shape index (κ2) is 10.9. The lowest BCUT2D eigenvalue weighted by Gasteiger charge is -2.27. The van der Waals surface area contributed by atoms with Crippen molar-refractivity contribution in [3.05, 3.63) is 99.5 Å². The number of methoxy groups -OCH3 is 1. The Kier molecular flexibility index (Phi) is 7.50. The van der Waals surface area contributed by atoms with E-state index in [0.29, 0.717) is 16.8 Å². The van der Waals surface area contributed by atoms with E-state index >= 15 is 0 Å². The number of hydrogen-bond donors (Lipinski definition) is 4. The Balaban J connectivity index is 1.45. The Morgan fingerprint density at radius 1 is 1.05 bits per heavy atom. The minimum Gasteiger partial charge on any atom is -0.507 e. The third-order valence-corrected chi connectivity index (χ3v) is 9.26. The second-order valence-corrected chi connectivity index (χ2v) is 12.4. The van der Waals surface area contributed by atoms with Crippen molar-refractivity contribution in [3.8, 4) is 17.2 Å². The summed E-state index contributed by atoms with van der Waals surface area (Å²) in [5.41, 5.74) is 0.268. The number of ketones is 2. The van der Waals surface area contributed by atoms with Gasteiger partial charge in [-0.3, -0.25) is 19.1 Å². The van der Waals surface area contributed by atoms with Gasteiger partial charge in [-0.2, -0.15) is 0 Å². The highest BCUT2D eigenvalue weighted by Crippen LogP contribution is 2.56. The number of phenols is 1. The van der Waals surface area contributed by atoms with Gasteiger partial charge in [-0.05, 0) is 68.7 Å². The van der Waals surface area contributed by atoms with Gasteiger partial charge in [0, 0.05) is 24.4 Å². The van der Waals surface area contributed by atoms with E-state index in [1.54, 1.807) is 44.2 Å². The number of amides is 1. The molecule has 5 rings (SSSR count). The molecule has 1 atom stereocenters. The SMILES string of the molecule is COc1cc(O)c2c(c1C(=O)NCc1c(C)cc(NS(=O)(=O)c3ccccc3)cc1C)OC1=CC(O)=C(C(C)=O)C(=O)[C@]12C. The van der Waals surface area contributed by atoms with Crippen LogP contribution in [-0.4, -0.2) is 43.2 Å². The quantitative estimate of drug-likeness (QED) is 0.270. The van der Waals surface area contributed by atoms with Gasteiger partial charge < -0.3 is 25.0 Å². The van der Waals surface area contributed by atoms with Crippen LogP contribution in [0, 0.1) is 13.8 Å². The van der Waals surface area contributed by atoms with Crippen molar-refractivity contribution in [1.82, 2.24) is 5.32 Å². The van der Waals surface area contributed by atoms with Gasteiger partial charge >= 0.3 is 0 Å². The Bertz CT molecular complexity index is 1910. The molecule has 0 aromatic heterocycles. The molecule has 1 aliphatic carbocycles. The summed E-state index contributed by atoms with van der Waals surface area (Å²) in [7, 11) is -2.50. The van der Waals surface area contributed by atoms with Crippen LogP contribution in [0.4, 0.5) is 5.69 Å². The standard InChI is InChI=1S/C32H30N2O9S/c1-16-11-19(34-44(40,41)20-9-7-6-8-10-20)12-17(2)21(16)15-33-31(39)27-24(42-5)13-23(37)28-29(27)43-25-14-22(36)26(18(3)35)30(38)32(25,28)4/h6-14,34,36-37H,15H2,1-5H3,(H,33,39)/t32-/m1/s1. The first-order valence-electron chi connectivity index (χ1n) is 13.5. The van der Waals surface area contributed by atoms with Gasteiger partial charge in [-0.25, -0.2) is 8.42 Å². The van der Waals surface area contributed by atoms with Gasteiger partial charge in [0.2, 0.25) is 0 Å². The molecule has 0 fully saturated rings. The Labute approximate surface area is 253 Å². The molecule has 3 aromatic rings. The van der Waals surface area contributed by atoms with Crippen molar-refractivity contribution in [3.63, 3.8) is 0 Å². The highest BCUT2D eigenvalue weighted by atomic mass is 32.2. The number of aliphatic hydroxyl groups excluding tert-OH is 1. The topological polar surface area (TPSA) is 168 Å². The summed E-state index contributed by atoms with van der Waals surface area (Å²) < 4.78 is 39.5. The molecule has 12 heteroatoms. The normalized spacial score (nSPS) is 17.3. The van der Waals surface area contributed by atoms with Crippen LogP contribution in [0.25, 0.3) is 0 Å². The molecule has 44 heavy (non-hydrogen) atoms. The zero-order chi connectivity index (χ0) is 32.1. The van der Waals surface area contributed by atoms with E-state index in [1.807, 2.05) is 0 Å². The van der Waals surface area contributed by atoms with Gasteiger partial charge in [0.25, 0.3) is 15.9 Å². The van der Waals surface area contributed by atoms with Crippen LogP contribution in [0.2, 0.25) is 0 Å². The van der Waals surface area contributed by atoms with E-state index < -0.39 is 50.0 Å². The van der Waals surface area contributed by atoms with Gasteiger partial charge in [0.15, 0.2) is 17.3 Å². The van der Waals surface area contributed by atoms with Crippen LogP contribution < -0.4 is 19.5 Å². The highest BCUT2D eigenvalue weighted by Gasteiger charge is 2.55. The monoisotopic (exact) mass is 618 g/mol. The van der Waals surface area contributed by atoms with Gasteiger partial charge in [0.05, 0.1) is 17.6 Å². The van der Waals surface area contributed by atoms with Crippen LogP contribution in [-0.2, 0) is 31.6 Å². The number of fused-ring (bicyclic) bond motifs is 3. The fourth-order valence-corrected chi connectivity index (χ4v) is 6.68. The molecule has 0 radical (unpaired) electrons. The molecule has 1 aliphatic heterocycles. The van der Waals surface area contributed by atoms with Crippen LogP contribution >= 0.6 is 0 Å². The maximum atomic E-state index is 13.7. The van der Waals surface area contributed by atoms with Crippen LogP contribution in [0.1, 0.15) is 46.5 Å². The van der Waals surface area contributed by atoms with E-state index in [9.17, 15) is 33.0 Å². The summed E-state index contributed by atoms with van der Waals surface area (Å²) in [5, 5.41) is 24.1. The van der Waals surface area contributed by atoms with Gasteiger partial charge in [-0.15, -0.1) is 0 Å². The molecule has 0 spiro atoms. The maximum Gasteiger partial charge on any atom is 0.261 e. The number of hydrogen-bond acceptors (Lipinski definition) is 9. The number of aryl methyl sites for hydroxylation is 2. The Morgan fingerprint density at radius 2 is 1.68 bits per heavy atom. The zero-order valence-corrected chi connectivity index (χ0v) is 25.4. The van der Waals surface area contributed by atoms with Crippen LogP contribution in [0.3, 0.4) is 0 Å². The molecule has 2 aliphatic rings. The molecule has 0 saturated carbocycles. The summed E-state index contributed by atoms with van der Waals surface area (Å²) in [4.78, 5) is 39.4. The van der Waals surface area contributed by atoms with Crippen molar-refractivity contribution >= 4 is 33.2 Å². The number of carbonyl (C=O) groups is 3. The number of anilines is 1. The fourth-order valence-electron chi connectivity index (χ4n) is 5.62. The number of ether oxygens (including phenoxy) is 2. The molecule has 1 heterocycles. The number of allylic oxidation sites excluding steroid dienone is 3. The van der Waals surface area contributed by atoms with E-state index in [2.05, 4.69) is 10.0 Å². The predicted octanol–water partition coefficient (Wildman–Crippen LogP) is 4.27. The summed E-state index contributed by atoms with van der Waals surface area (Å²) in [6.45, 7) is 6.19. The molecular weight excluding hydrogens is 588 g/mol. The Hall–Kier alpha value is -5.10. The summed E-state index contributed by atoms with van der Waals surface area (Å²) in [6, 6.07) is 12.5. The fraction of sp³-hybridized carbons (Fsp3) is 0.219. The number of nitrogens with one attached hydrogen (secondary N) is 2. The van der Waals surface area contributed by atoms with E-state index in [4.69, 9.17) is 9.47 Å². The molecule has 3 aromatic carbocycles. The summed E-state index contributed by atoms with van der Waals surface area (Å²) in [6.07, 6.45) is 1.13. The van der Waals surface area contributed by atoms with Gasteiger partial charge in [0.1, 0.15) is 39.6 Å². The largest absolute Gasteiger partial charge is 0.507 e. The van der Waals surface area contributed by atoms with Crippen molar-refractivity contribution in [2.75, 3.05) is 11.8 Å². The third kappa shape index (κ3) is 4.86. The van der Waals surface area contributed by atoms with Crippen molar-refractivity contribution in [1.29, 1.82) is 0 Å². The summed E-state index contributed by atoms with van der Waals surface area (Å²) in [5.74, 6) is -3.27. The minimum absolute atomic E-state index is 0.0304. The number of sulfonamides is 1. The van der Waals surface area contributed by atoms with Gasteiger partial charge in [-0.1, -0.05) is 18.2 Å². The lowest BCUT2D eigenvalue weighted by Crippen LogP contribution is -2.38. The van der Waals surface area contributed by atoms with Crippen molar-refractivity contribution < 1.29 is 42.5 Å². The molecular formula is C32H30N2O9S. The molecule has 0 saturated heterocycles. The number of Topliss-reactive ketones (excluding diaryl/α,β-unsaturated/α-hetero) is 2. The zero-order valence-electron chi connectivity index (χ0n) is 24.6. The minimum atomic E-state index is -3.80. The van der Waals surface area contributed by atoms with E-state index in [1.165, 1.54) is 32.2 Å². The molecule has 11 nitrogen and oxygen atoms in total. The first-order chi connectivity index (χ1) is 20.7. The second-order valence-electron chi connectivity index (χ2n) is 10.7. The Morgan fingerprint density at radius 3 is 2.27 bits per heavy atom.